The van der Waals surface area contributed by atoms with Crippen molar-refractivity contribution in [2.45, 2.75) is 6.42 Å². The number of aromatic nitrogens is 1. The minimum Gasteiger partial charge on any atom is -0.506 e. The predicted molar refractivity (Wildman–Crippen MR) is 62.8 cm³/mol. The number of halogens is 1. The van der Waals surface area contributed by atoms with Gasteiger partial charge in [0.15, 0.2) is 0 Å². The van der Waals surface area contributed by atoms with Gasteiger partial charge in [-0.15, -0.1) is 0 Å². The molecule has 76 valence electrons. The van der Waals surface area contributed by atoms with Crippen LogP contribution in [-0.2, 0) is 6.42 Å². The molecule has 0 bridgehead atoms. The maximum atomic E-state index is 9.57. The first-order valence-corrected chi connectivity index (χ1v) is 5.42. The first kappa shape index (κ1) is 10.2. The summed E-state index contributed by atoms with van der Waals surface area (Å²) in [6, 6.07) is 11.4. The SMILES string of the molecule is Oc1cccnc1Cc1cccc(Br)c1. The molecule has 0 saturated carbocycles. The fourth-order valence-electron chi connectivity index (χ4n) is 1.41. The summed E-state index contributed by atoms with van der Waals surface area (Å²) < 4.78 is 1.04. The standard InChI is InChI=1S/C12H10BrNO/c13-10-4-1-3-9(7-10)8-11-12(15)5-2-6-14-11/h1-7,15H,8H2. The Bertz CT molecular complexity index is 471. The molecule has 0 spiro atoms. The van der Waals surface area contributed by atoms with Crippen molar-refractivity contribution in [2.24, 2.45) is 0 Å². The lowest BCUT2D eigenvalue weighted by molar-refractivity contribution is 0.465. The highest BCUT2D eigenvalue weighted by molar-refractivity contribution is 9.10. The van der Waals surface area contributed by atoms with Crippen LogP contribution in [0.5, 0.6) is 5.75 Å². The van der Waals surface area contributed by atoms with Gasteiger partial charge >= 0.3 is 0 Å². The molecule has 3 heteroatoms. The molecule has 0 unspecified atom stereocenters. The van der Waals surface area contributed by atoms with Crippen LogP contribution in [0, 0.1) is 0 Å². The van der Waals surface area contributed by atoms with Crippen LogP contribution in [0.1, 0.15) is 11.3 Å². The first-order chi connectivity index (χ1) is 7.25. The molecule has 1 heterocycles. The number of hydrogen-bond donors (Lipinski definition) is 1. The topological polar surface area (TPSA) is 33.1 Å². The summed E-state index contributed by atoms with van der Waals surface area (Å²) in [6.45, 7) is 0. The summed E-state index contributed by atoms with van der Waals surface area (Å²) in [5.74, 6) is 0.248. The first-order valence-electron chi connectivity index (χ1n) is 4.63. The Kier molecular flexibility index (Phi) is 3.02. The lowest BCUT2D eigenvalue weighted by Gasteiger charge is -2.03. The largest absolute Gasteiger partial charge is 0.506 e. The molecule has 0 aliphatic heterocycles. The van der Waals surface area contributed by atoms with Crippen LogP contribution in [-0.4, -0.2) is 10.1 Å². The van der Waals surface area contributed by atoms with Gasteiger partial charge in [0.2, 0.25) is 0 Å². The number of nitrogens with zero attached hydrogens (tertiary/aromatic N) is 1. The minimum absolute atomic E-state index is 0.248. The van der Waals surface area contributed by atoms with E-state index in [-0.39, 0.29) is 5.75 Å². The molecule has 0 radical (unpaired) electrons. The van der Waals surface area contributed by atoms with E-state index in [1.807, 2.05) is 24.3 Å². The zero-order valence-electron chi connectivity index (χ0n) is 8.02. The molecule has 2 rings (SSSR count). The normalized spacial score (nSPS) is 10.2. The van der Waals surface area contributed by atoms with E-state index in [2.05, 4.69) is 20.9 Å². The zero-order valence-corrected chi connectivity index (χ0v) is 9.61. The highest BCUT2D eigenvalue weighted by atomic mass is 79.9. The molecule has 2 nitrogen and oxygen atoms in total. The van der Waals surface area contributed by atoms with Gasteiger partial charge in [-0.1, -0.05) is 28.1 Å². The maximum absolute atomic E-state index is 9.57. The van der Waals surface area contributed by atoms with Gasteiger partial charge in [-0.05, 0) is 29.8 Å². The van der Waals surface area contributed by atoms with E-state index in [0.29, 0.717) is 12.1 Å². The van der Waals surface area contributed by atoms with Crippen LogP contribution < -0.4 is 0 Å². The number of rotatable bonds is 2. The third-order valence-electron chi connectivity index (χ3n) is 2.13. The van der Waals surface area contributed by atoms with Crippen molar-refractivity contribution >= 4 is 15.9 Å². The lowest BCUT2D eigenvalue weighted by atomic mass is 10.1. The fourth-order valence-corrected chi connectivity index (χ4v) is 1.85. The number of pyridine rings is 1. The molecule has 0 aliphatic carbocycles. The summed E-state index contributed by atoms with van der Waals surface area (Å²) >= 11 is 3.41. The van der Waals surface area contributed by atoms with Crippen LogP contribution in [0.4, 0.5) is 0 Å². The van der Waals surface area contributed by atoms with Gasteiger partial charge in [0.05, 0.1) is 5.69 Å². The van der Waals surface area contributed by atoms with E-state index < -0.39 is 0 Å². The molecule has 2 aromatic rings. The van der Waals surface area contributed by atoms with Crippen molar-refractivity contribution in [3.8, 4) is 5.75 Å². The summed E-state index contributed by atoms with van der Waals surface area (Å²) in [6.07, 6.45) is 2.33. The summed E-state index contributed by atoms with van der Waals surface area (Å²) in [5, 5.41) is 9.57. The third kappa shape index (κ3) is 2.57. The van der Waals surface area contributed by atoms with Crippen LogP contribution in [0.3, 0.4) is 0 Å². The van der Waals surface area contributed by atoms with Gasteiger partial charge in [-0.3, -0.25) is 4.98 Å². The van der Waals surface area contributed by atoms with Crippen molar-refractivity contribution in [3.63, 3.8) is 0 Å². The molecule has 1 aromatic heterocycles. The quantitative estimate of drug-likeness (QED) is 0.903. The predicted octanol–water partition coefficient (Wildman–Crippen LogP) is 3.14. The van der Waals surface area contributed by atoms with Crippen LogP contribution in [0.15, 0.2) is 47.1 Å². The van der Waals surface area contributed by atoms with Gasteiger partial charge in [0.25, 0.3) is 0 Å². The lowest BCUT2D eigenvalue weighted by Crippen LogP contribution is -1.91. The van der Waals surface area contributed by atoms with Gasteiger partial charge in [0.1, 0.15) is 5.75 Å². The maximum Gasteiger partial charge on any atom is 0.137 e. The fraction of sp³-hybridized carbons (Fsp3) is 0.0833. The van der Waals surface area contributed by atoms with Crippen LogP contribution in [0.2, 0.25) is 0 Å². The van der Waals surface area contributed by atoms with Crippen molar-refractivity contribution in [3.05, 3.63) is 58.3 Å². The number of hydrogen-bond acceptors (Lipinski definition) is 2. The molecule has 15 heavy (non-hydrogen) atoms. The highest BCUT2D eigenvalue weighted by Gasteiger charge is 2.02. The van der Waals surface area contributed by atoms with Gasteiger partial charge in [0, 0.05) is 17.1 Å². The Morgan fingerprint density at radius 2 is 2.07 bits per heavy atom. The van der Waals surface area contributed by atoms with Gasteiger partial charge < -0.3 is 5.11 Å². The Morgan fingerprint density at radius 1 is 1.20 bits per heavy atom. The van der Waals surface area contributed by atoms with Crippen LogP contribution in [0.25, 0.3) is 0 Å². The molecule has 0 fully saturated rings. The second-order valence-electron chi connectivity index (χ2n) is 3.28. The number of benzene rings is 1. The molecule has 0 aliphatic rings. The Hall–Kier alpha value is -1.35. The van der Waals surface area contributed by atoms with E-state index in [1.54, 1.807) is 18.3 Å². The molecule has 1 N–H and O–H groups in total. The smallest absolute Gasteiger partial charge is 0.137 e. The van der Waals surface area contributed by atoms with Crippen LogP contribution >= 0.6 is 15.9 Å². The molecule has 0 amide bonds. The van der Waals surface area contributed by atoms with Crippen molar-refractivity contribution in [1.29, 1.82) is 0 Å². The Labute approximate surface area is 96.7 Å². The van der Waals surface area contributed by atoms with Gasteiger partial charge in [-0.25, -0.2) is 0 Å². The molecule has 0 saturated heterocycles. The zero-order chi connectivity index (χ0) is 10.7. The average Bonchev–Trinajstić information content (AvgIpc) is 2.22. The van der Waals surface area contributed by atoms with Crippen molar-refractivity contribution in [2.75, 3.05) is 0 Å². The average molecular weight is 264 g/mol. The summed E-state index contributed by atoms with van der Waals surface area (Å²) in [7, 11) is 0. The molecular weight excluding hydrogens is 254 g/mol. The van der Waals surface area contributed by atoms with Crippen molar-refractivity contribution in [1.82, 2.24) is 4.98 Å². The van der Waals surface area contributed by atoms with E-state index in [0.717, 1.165) is 10.0 Å². The molecule has 1 aromatic carbocycles. The summed E-state index contributed by atoms with van der Waals surface area (Å²) in [4.78, 5) is 4.14. The second kappa shape index (κ2) is 4.45. The minimum atomic E-state index is 0.248. The Morgan fingerprint density at radius 3 is 2.80 bits per heavy atom. The monoisotopic (exact) mass is 263 g/mol. The van der Waals surface area contributed by atoms with Gasteiger partial charge in [-0.2, -0.15) is 0 Å². The van der Waals surface area contributed by atoms with Crippen molar-refractivity contribution < 1.29 is 5.11 Å². The summed E-state index contributed by atoms with van der Waals surface area (Å²) in [5.41, 5.74) is 1.83. The van der Waals surface area contributed by atoms with E-state index in [4.69, 9.17) is 0 Å². The van der Waals surface area contributed by atoms with E-state index >= 15 is 0 Å². The third-order valence-corrected chi connectivity index (χ3v) is 2.62. The Balaban J connectivity index is 2.26. The molecule has 0 atom stereocenters. The second-order valence-corrected chi connectivity index (χ2v) is 4.19. The van der Waals surface area contributed by atoms with E-state index in [1.165, 1.54) is 0 Å². The highest BCUT2D eigenvalue weighted by Crippen LogP contribution is 2.19. The van der Waals surface area contributed by atoms with E-state index in [9.17, 15) is 5.11 Å². The number of aromatic hydroxyl groups is 1. The molecular formula is C12H10BrNO.